The topological polar surface area (TPSA) is 50.2 Å². The Labute approximate surface area is 180 Å². The molecule has 2 aromatic rings. The molecule has 2 aliphatic rings. The maximum absolute atomic E-state index is 12.4. The standard InChI is InChI=1S/C25H36N4O/c30-25(13-12-22-7-2-1-3-8-22)27-24-14-17-26-29(24)23-15-19-28(20-16-23)18-6-11-21-9-4-5-10-21/h1-3,7-8,14,17,21,23H,4-6,9-13,15-16,18-20H2,(H,27,30). The van der Waals surface area contributed by atoms with Crippen LogP contribution in [0.2, 0.25) is 0 Å². The molecule has 1 aliphatic heterocycles. The first-order valence-corrected chi connectivity index (χ1v) is 11.9. The molecule has 4 rings (SSSR count). The Balaban J connectivity index is 1.20. The van der Waals surface area contributed by atoms with Crippen molar-refractivity contribution in [1.29, 1.82) is 0 Å². The quantitative estimate of drug-likeness (QED) is 0.631. The van der Waals surface area contributed by atoms with Crippen LogP contribution in [0.25, 0.3) is 0 Å². The van der Waals surface area contributed by atoms with Crippen LogP contribution in [0.5, 0.6) is 0 Å². The van der Waals surface area contributed by atoms with Crippen molar-refractivity contribution >= 4 is 11.7 Å². The molecular formula is C25H36N4O. The molecule has 1 amide bonds. The third-order valence-electron chi connectivity index (χ3n) is 6.89. The van der Waals surface area contributed by atoms with Crippen LogP contribution in [0.4, 0.5) is 5.82 Å². The van der Waals surface area contributed by atoms with Crippen LogP contribution in [0, 0.1) is 5.92 Å². The molecule has 162 valence electrons. The van der Waals surface area contributed by atoms with Gasteiger partial charge in [0.05, 0.1) is 12.2 Å². The zero-order chi connectivity index (χ0) is 20.6. The second kappa shape index (κ2) is 10.8. The summed E-state index contributed by atoms with van der Waals surface area (Å²) in [6, 6.07) is 12.5. The zero-order valence-electron chi connectivity index (χ0n) is 18.1. The van der Waals surface area contributed by atoms with Crippen molar-refractivity contribution in [3.8, 4) is 0 Å². The molecule has 2 heterocycles. The van der Waals surface area contributed by atoms with E-state index in [1.54, 1.807) is 6.20 Å². The van der Waals surface area contributed by atoms with Crippen molar-refractivity contribution in [2.24, 2.45) is 5.92 Å². The molecule has 0 unspecified atom stereocenters. The lowest BCUT2D eigenvalue weighted by Gasteiger charge is -2.32. The first kappa shape index (κ1) is 21.1. The third-order valence-corrected chi connectivity index (χ3v) is 6.89. The highest BCUT2D eigenvalue weighted by molar-refractivity contribution is 5.89. The van der Waals surface area contributed by atoms with E-state index in [1.165, 1.54) is 50.6 Å². The summed E-state index contributed by atoms with van der Waals surface area (Å²) in [6.07, 6.45) is 13.9. The third kappa shape index (κ3) is 5.94. The van der Waals surface area contributed by atoms with Gasteiger partial charge >= 0.3 is 0 Å². The van der Waals surface area contributed by atoms with Crippen LogP contribution in [0.1, 0.15) is 69.4 Å². The van der Waals surface area contributed by atoms with E-state index in [1.807, 2.05) is 28.9 Å². The summed E-state index contributed by atoms with van der Waals surface area (Å²) in [4.78, 5) is 15.1. The van der Waals surface area contributed by atoms with E-state index in [-0.39, 0.29) is 5.91 Å². The van der Waals surface area contributed by atoms with Gasteiger partial charge in [-0.1, -0.05) is 56.0 Å². The molecule has 30 heavy (non-hydrogen) atoms. The summed E-state index contributed by atoms with van der Waals surface area (Å²) in [5.74, 6) is 1.90. The highest BCUT2D eigenvalue weighted by Crippen LogP contribution is 2.29. The summed E-state index contributed by atoms with van der Waals surface area (Å²) in [5.41, 5.74) is 1.20. The number of nitrogens with one attached hydrogen (secondary N) is 1. The van der Waals surface area contributed by atoms with Gasteiger partial charge in [0, 0.05) is 25.6 Å². The smallest absolute Gasteiger partial charge is 0.225 e. The van der Waals surface area contributed by atoms with Crippen molar-refractivity contribution in [3.63, 3.8) is 0 Å². The van der Waals surface area contributed by atoms with Gasteiger partial charge in [-0.3, -0.25) is 4.79 Å². The minimum absolute atomic E-state index is 0.0601. The van der Waals surface area contributed by atoms with E-state index >= 15 is 0 Å². The lowest BCUT2D eigenvalue weighted by atomic mass is 10.0. The fraction of sp³-hybridized carbons (Fsp3) is 0.600. The van der Waals surface area contributed by atoms with E-state index < -0.39 is 0 Å². The second-order valence-corrected chi connectivity index (χ2v) is 9.06. The van der Waals surface area contributed by atoms with E-state index in [4.69, 9.17) is 0 Å². The van der Waals surface area contributed by atoms with Gasteiger partial charge in [-0.2, -0.15) is 5.10 Å². The molecule has 1 saturated carbocycles. The molecule has 0 bridgehead atoms. The Morgan fingerprint density at radius 3 is 2.57 bits per heavy atom. The summed E-state index contributed by atoms with van der Waals surface area (Å²) in [6.45, 7) is 3.51. The van der Waals surface area contributed by atoms with Gasteiger partial charge < -0.3 is 10.2 Å². The number of rotatable bonds is 9. The molecule has 1 N–H and O–H groups in total. The van der Waals surface area contributed by atoms with Gasteiger partial charge in [-0.25, -0.2) is 4.68 Å². The number of carbonyl (C=O) groups excluding carboxylic acids is 1. The molecule has 0 atom stereocenters. The highest BCUT2D eigenvalue weighted by Gasteiger charge is 2.23. The zero-order valence-corrected chi connectivity index (χ0v) is 18.1. The number of carbonyl (C=O) groups is 1. The molecule has 1 aliphatic carbocycles. The number of aryl methyl sites for hydroxylation is 1. The average molecular weight is 409 g/mol. The van der Waals surface area contributed by atoms with Crippen molar-refractivity contribution in [2.45, 2.75) is 70.3 Å². The Bertz CT molecular complexity index is 773. The largest absolute Gasteiger partial charge is 0.311 e. The fourth-order valence-electron chi connectivity index (χ4n) is 5.10. The van der Waals surface area contributed by atoms with Crippen LogP contribution in [-0.2, 0) is 11.2 Å². The van der Waals surface area contributed by atoms with Crippen molar-refractivity contribution in [1.82, 2.24) is 14.7 Å². The van der Waals surface area contributed by atoms with E-state index in [9.17, 15) is 4.79 Å². The predicted molar refractivity (Wildman–Crippen MR) is 122 cm³/mol. The van der Waals surface area contributed by atoms with Crippen LogP contribution in [-0.4, -0.2) is 40.2 Å². The number of amides is 1. The van der Waals surface area contributed by atoms with Crippen LogP contribution in [0.15, 0.2) is 42.6 Å². The van der Waals surface area contributed by atoms with Crippen LogP contribution >= 0.6 is 0 Å². The predicted octanol–water partition coefficient (Wildman–Crippen LogP) is 5.06. The lowest BCUT2D eigenvalue weighted by molar-refractivity contribution is -0.116. The van der Waals surface area contributed by atoms with Gasteiger partial charge in [-0.15, -0.1) is 0 Å². The average Bonchev–Trinajstić information content (AvgIpc) is 3.46. The van der Waals surface area contributed by atoms with E-state index in [0.717, 1.165) is 44.1 Å². The molecule has 1 aromatic carbocycles. The number of hydrogen-bond donors (Lipinski definition) is 1. The summed E-state index contributed by atoms with van der Waals surface area (Å²) < 4.78 is 2.04. The molecule has 0 radical (unpaired) electrons. The first-order valence-electron chi connectivity index (χ1n) is 11.9. The molecule has 0 spiro atoms. The molecular weight excluding hydrogens is 372 g/mol. The Morgan fingerprint density at radius 2 is 1.80 bits per heavy atom. The Morgan fingerprint density at radius 1 is 1.03 bits per heavy atom. The number of hydrogen-bond acceptors (Lipinski definition) is 3. The van der Waals surface area contributed by atoms with Gasteiger partial charge in [0.1, 0.15) is 5.82 Å². The second-order valence-electron chi connectivity index (χ2n) is 9.06. The van der Waals surface area contributed by atoms with Crippen molar-refractivity contribution < 1.29 is 4.79 Å². The van der Waals surface area contributed by atoms with Crippen molar-refractivity contribution in [3.05, 3.63) is 48.2 Å². The molecule has 5 nitrogen and oxygen atoms in total. The SMILES string of the molecule is O=C(CCc1ccccc1)Nc1ccnn1C1CCN(CCCC2CCCC2)CC1. The monoisotopic (exact) mass is 408 g/mol. The number of aromatic nitrogens is 2. The maximum Gasteiger partial charge on any atom is 0.225 e. The van der Waals surface area contributed by atoms with E-state index in [2.05, 4.69) is 27.4 Å². The van der Waals surface area contributed by atoms with Gasteiger partial charge in [0.25, 0.3) is 0 Å². The van der Waals surface area contributed by atoms with Crippen LogP contribution < -0.4 is 5.32 Å². The number of piperidine rings is 1. The molecule has 1 saturated heterocycles. The number of benzene rings is 1. The van der Waals surface area contributed by atoms with Crippen molar-refractivity contribution in [2.75, 3.05) is 25.0 Å². The number of anilines is 1. The highest BCUT2D eigenvalue weighted by atomic mass is 16.1. The molecule has 1 aromatic heterocycles. The van der Waals surface area contributed by atoms with Gasteiger partial charge in [0.2, 0.25) is 5.91 Å². The Hall–Kier alpha value is -2.14. The van der Waals surface area contributed by atoms with E-state index in [0.29, 0.717) is 12.5 Å². The summed E-state index contributed by atoms with van der Waals surface area (Å²) >= 11 is 0. The number of nitrogens with zero attached hydrogens (tertiary/aromatic N) is 3. The normalized spacial score (nSPS) is 18.7. The fourth-order valence-corrected chi connectivity index (χ4v) is 5.10. The minimum atomic E-state index is 0.0601. The minimum Gasteiger partial charge on any atom is -0.311 e. The lowest BCUT2D eigenvalue weighted by Crippen LogP contribution is -2.36. The van der Waals surface area contributed by atoms with Gasteiger partial charge in [0.15, 0.2) is 0 Å². The Kier molecular flexibility index (Phi) is 7.57. The first-order chi connectivity index (χ1) is 14.8. The van der Waals surface area contributed by atoms with Crippen LogP contribution in [0.3, 0.4) is 0 Å². The maximum atomic E-state index is 12.4. The number of likely N-dealkylation sites (tertiary alicyclic amines) is 1. The van der Waals surface area contributed by atoms with Gasteiger partial charge in [-0.05, 0) is 50.1 Å². The molecule has 2 fully saturated rings. The summed E-state index contributed by atoms with van der Waals surface area (Å²) in [7, 11) is 0. The summed E-state index contributed by atoms with van der Waals surface area (Å²) in [5, 5.41) is 7.62. The molecule has 5 heteroatoms.